The van der Waals surface area contributed by atoms with E-state index in [0.717, 1.165) is 15.4 Å². The van der Waals surface area contributed by atoms with Crippen molar-refractivity contribution in [3.8, 4) is 0 Å². The Morgan fingerprint density at radius 1 is 0.814 bits per heavy atom. The van der Waals surface area contributed by atoms with E-state index in [2.05, 4.69) is 5.32 Å². The topological polar surface area (TPSA) is 86.8 Å². The summed E-state index contributed by atoms with van der Waals surface area (Å²) in [6.45, 7) is 3.23. The third-order valence-electron chi connectivity index (χ3n) is 7.27. The Morgan fingerprint density at radius 2 is 1.40 bits per heavy atom. The van der Waals surface area contributed by atoms with Crippen LogP contribution < -0.4 is 9.62 Å². The second-order valence-electron chi connectivity index (χ2n) is 10.5. The maximum Gasteiger partial charge on any atom is 0.264 e. The fourth-order valence-corrected chi connectivity index (χ4v) is 6.24. The number of halogens is 1. The highest BCUT2D eigenvalue weighted by Gasteiger charge is 2.34. The first kappa shape index (κ1) is 31.4. The normalized spacial score (nSPS) is 12.0. The lowest BCUT2D eigenvalue weighted by atomic mass is 10.0. The highest BCUT2D eigenvalue weighted by Crippen LogP contribution is 2.27. The number of amides is 2. The van der Waals surface area contributed by atoms with Crippen molar-refractivity contribution in [2.45, 2.75) is 43.7 Å². The van der Waals surface area contributed by atoms with Gasteiger partial charge in [0.25, 0.3) is 10.0 Å². The molecule has 1 atom stereocenters. The molecule has 0 saturated carbocycles. The second kappa shape index (κ2) is 14.1. The molecule has 0 aliphatic heterocycles. The fourth-order valence-electron chi connectivity index (χ4n) is 4.80. The largest absolute Gasteiger partial charge is 0.357 e. The Hall–Kier alpha value is -4.50. The van der Waals surface area contributed by atoms with E-state index in [1.807, 2.05) is 56.3 Å². The summed E-state index contributed by atoms with van der Waals surface area (Å²) in [5.41, 5.74) is 2.31. The number of sulfonamides is 1. The molecule has 0 spiro atoms. The van der Waals surface area contributed by atoms with E-state index in [4.69, 9.17) is 0 Å². The van der Waals surface area contributed by atoms with Crippen LogP contribution in [0.4, 0.5) is 10.1 Å². The van der Waals surface area contributed by atoms with Crippen molar-refractivity contribution in [2.24, 2.45) is 0 Å². The molecule has 0 saturated heterocycles. The quantitative estimate of drug-likeness (QED) is 0.231. The molecule has 0 fully saturated rings. The summed E-state index contributed by atoms with van der Waals surface area (Å²) in [6.07, 6.45) is 0.148. The van der Waals surface area contributed by atoms with Gasteiger partial charge in [0.15, 0.2) is 0 Å². The van der Waals surface area contributed by atoms with E-state index in [-0.39, 0.29) is 29.3 Å². The van der Waals surface area contributed by atoms with Crippen molar-refractivity contribution in [2.75, 3.05) is 17.9 Å². The lowest BCUT2D eigenvalue weighted by Gasteiger charge is -2.33. The number of hydrogen-bond donors (Lipinski definition) is 1. The maximum absolute atomic E-state index is 14.9. The number of benzene rings is 4. The van der Waals surface area contributed by atoms with Gasteiger partial charge < -0.3 is 10.2 Å². The molecule has 4 rings (SSSR count). The minimum absolute atomic E-state index is 0.0172. The minimum atomic E-state index is -4.20. The van der Waals surface area contributed by atoms with Crippen molar-refractivity contribution in [1.29, 1.82) is 0 Å². The third kappa shape index (κ3) is 7.67. The molecular formula is C34H36FN3O4S. The van der Waals surface area contributed by atoms with Gasteiger partial charge in [-0.1, -0.05) is 92.7 Å². The van der Waals surface area contributed by atoms with Crippen LogP contribution >= 0.6 is 0 Å². The first-order chi connectivity index (χ1) is 20.6. The van der Waals surface area contributed by atoms with Crippen LogP contribution in [0, 0.1) is 5.82 Å². The summed E-state index contributed by atoms with van der Waals surface area (Å²) in [5, 5.41) is 2.62. The van der Waals surface area contributed by atoms with Gasteiger partial charge in [-0.25, -0.2) is 12.8 Å². The average molecular weight is 602 g/mol. The zero-order valence-corrected chi connectivity index (χ0v) is 25.3. The van der Waals surface area contributed by atoms with Crippen LogP contribution in [0.1, 0.15) is 36.5 Å². The number of hydrogen-bond acceptors (Lipinski definition) is 4. The fraction of sp³-hybridized carbons (Fsp3) is 0.235. The number of nitrogens with one attached hydrogen (secondary N) is 1. The number of likely N-dealkylation sites (N-methyl/N-ethyl adjacent to an activating group) is 1. The van der Waals surface area contributed by atoms with Gasteiger partial charge in [0.2, 0.25) is 11.8 Å². The van der Waals surface area contributed by atoms with E-state index in [1.54, 1.807) is 48.5 Å². The van der Waals surface area contributed by atoms with Gasteiger partial charge in [-0.3, -0.25) is 13.9 Å². The zero-order chi connectivity index (χ0) is 31.0. The summed E-state index contributed by atoms with van der Waals surface area (Å²) < 4.78 is 43.9. The van der Waals surface area contributed by atoms with E-state index in [1.165, 1.54) is 30.1 Å². The number of anilines is 1. The van der Waals surface area contributed by atoms with Gasteiger partial charge in [-0.2, -0.15) is 0 Å². The molecule has 4 aromatic rings. The van der Waals surface area contributed by atoms with Crippen molar-refractivity contribution in [3.63, 3.8) is 0 Å². The second-order valence-corrected chi connectivity index (χ2v) is 12.4. The van der Waals surface area contributed by atoms with Crippen LogP contribution in [-0.2, 0) is 32.6 Å². The third-order valence-corrected chi connectivity index (χ3v) is 9.06. The van der Waals surface area contributed by atoms with Crippen molar-refractivity contribution >= 4 is 27.5 Å². The molecule has 0 heterocycles. The molecular weight excluding hydrogens is 565 g/mol. The Bertz CT molecular complexity index is 1630. The van der Waals surface area contributed by atoms with Gasteiger partial charge in [0, 0.05) is 25.6 Å². The van der Waals surface area contributed by atoms with Crippen LogP contribution in [0.3, 0.4) is 0 Å². The molecule has 224 valence electrons. The molecule has 0 aromatic heterocycles. The molecule has 7 nitrogen and oxygen atoms in total. The van der Waals surface area contributed by atoms with E-state index in [9.17, 15) is 22.4 Å². The Labute approximate surface area is 253 Å². The molecule has 2 amide bonds. The smallest absolute Gasteiger partial charge is 0.264 e. The van der Waals surface area contributed by atoms with Crippen LogP contribution in [0.2, 0.25) is 0 Å². The predicted octanol–water partition coefficient (Wildman–Crippen LogP) is 5.53. The maximum atomic E-state index is 14.9. The SMILES string of the molecule is CNC(=O)[C@H](Cc1ccccc1)N(Cc1ccccc1F)C(=O)CN(c1ccc(C(C)C)cc1)S(=O)(=O)c1ccccc1. The molecule has 0 bridgehead atoms. The summed E-state index contributed by atoms with van der Waals surface area (Å²) >= 11 is 0. The van der Waals surface area contributed by atoms with E-state index < -0.39 is 40.2 Å². The van der Waals surface area contributed by atoms with Gasteiger partial charge >= 0.3 is 0 Å². The predicted molar refractivity (Wildman–Crippen MR) is 166 cm³/mol. The summed E-state index contributed by atoms with van der Waals surface area (Å²) in [5.74, 6) is -1.42. The van der Waals surface area contributed by atoms with Gasteiger partial charge in [0.05, 0.1) is 10.6 Å². The Morgan fingerprint density at radius 3 is 1.98 bits per heavy atom. The van der Waals surface area contributed by atoms with Crippen molar-refractivity contribution in [3.05, 3.63) is 132 Å². The molecule has 1 N–H and O–H groups in total. The molecule has 0 aliphatic rings. The van der Waals surface area contributed by atoms with E-state index >= 15 is 0 Å². The summed E-state index contributed by atoms with van der Waals surface area (Å²) in [6, 6.07) is 29.0. The van der Waals surface area contributed by atoms with Gasteiger partial charge in [-0.15, -0.1) is 0 Å². The average Bonchev–Trinajstić information content (AvgIpc) is 3.02. The summed E-state index contributed by atoms with van der Waals surface area (Å²) in [4.78, 5) is 28.8. The first-order valence-corrected chi connectivity index (χ1v) is 15.5. The van der Waals surface area contributed by atoms with E-state index in [0.29, 0.717) is 5.69 Å². The van der Waals surface area contributed by atoms with Crippen molar-refractivity contribution in [1.82, 2.24) is 10.2 Å². The standard InChI is InChI=1S/C34H36FN3O4S/c1-25(2)27-18-20-29(21-19-27)38(43(41,42)30-15-8-5-9-16-30)24-33(39)37(23-28-14-10-11-17-31(28)35)32(34(40)36-3)22-26-12-6-4-7-13-26/h4-21,25,32H,22-24H2,1-3H3,(H,36,40)/t32-/m0/s1. The highest BCUT2D eigenvalue weighted by molar-refractivity contribution is 7.92. The molecule has 9 heteroatoms. The zero-order valence-electron chi connectivity index (χ0n) is 24.5. The molecule has 0 radical (unpaired) electrons. The van der Waals surface area contributed by atoms with Crippen LogP contribution in [0.5, 0.6) is 0 Å². The Balaban J connectivity index is 1.79. The Kier molecular flexibility index (Phi) is 10.3. The summed E-state index contributed by atoms with van der Waals surface area (Å²) in [7, 11) is -2.73. The lowest BCUT2D eigenvalue weighted by molar-refractivity contribution is -0.139. The number of carbonyl (C=O) groups excluding carboxylic acids is 2. The van der Waals surface area contributed by atoms with Gasteiger partial charge in [-0.05, 0) is 47.4 Å². The molecule has 0 unspecified atom stereocenters. The minimum Gasteiger partial charge on any atom is -0.357 e. The molecule has 43 heavy (non-hydrogen) atoms. The number of rotatable bonds is 12. The lowest BCUT2D eigenvalue weighted by Crippen LogP contribution is -2.53. The monoisotopic (exact) mass is 601 g/mol. The van der Waals surface area contributed by atoms with Crippen LogP contribution in [0.25, 0.3) is 0 Å². The van der Waals surface area contributed by atoms with Crippen LogP contribution in [0.15, 0.2) is 114 Å². The highest BCUT2D eigenvalue weighted by atomic mass is 32.2. The van der Waals surface area contributed by atoms with Crippen molar-refractivity contribution < 1.29 is 22.4 Å². The number of nitrogens with zero attached hydrogens (tertiary/aromatic N) is 2. The number of carbonyl (C=O) groups is 2. The van der Waals surface area contributed by atoms with Gasteiger partial charge in [0.1, 0.15) is 18.4 Å². The molecule has 0 aliphatic carbocycles. The first-order valence-electron chi connectivity index (χ1n) is 14.1. The molecule has 4 aromatic carbocycles. The van der Waals surface area contributed by atoms with Crippen LogP contribution in [-0.4, -0.2) is 44.8 Å².